The van der Waals surface area contributed by atoms with Gasteiger partial charge >= 0.3 is 0 Å². The SMILES string of the molecule is CC(C)(C)c1c(N)cnc2c(F)cccc12. The molecule has 1 heterocycles. The van der Waals surface area contributed by atoms with Crippen LogP contribution in [0, 0.1) is 5.82 Å². The predicted octanol–water partition coefficient (Wildman–Crippen LogP) is 3.25. The summed E-state index contributed by atoms with van der Waals surface area (Å²) in [5.74, 6) is -0.303. The number of hydrogen-bond donors (Lipinski definition) is 1. The molecule has 1 aromatic carbocycles. The molecule has 1 aromatic heterocycles. The van der Waals surface area contributed by atoms with Crippen LogP contribution in [0.2, 0.25) is 0 Å². The van der Waals surface area contributed by atoms with Crippen LogP contribution in [0.3, 0.4) is 0 Å². The smallest absolute Gasteiger partial charge is 0.149 e. The number of rotatable bonds is 0. The topological polar surface area (TPSA) is 38.9 Å². The van der Waals surface area contributed by atoms with Crippen LogP contribution in [0.4, 0.5) is 10.1 Å². The van der Waals surface area contributed by atoms with Gasteiger partial charge in [-0.2, -0.15) is 0 Å². The minimum absolute atomic E-state index is 0.126. The van der Waals surface area contributed by atoms with Crippen molar-refractivity contribution in [1.82, 2.24) is 4.98 Å². The molecule has 2 nitrogen and oxygen atoms in total. The molecule has 84 valence electrons. The molecule has 0 aliphatic rings. The summed E-state index contributed by atoms with van der Waals surface area (Å²) >= 11 is 0. The molecule has 2 N–H and O–H groups in total. The number of nitrogen functional groups attached to an aromatic ring is 1. The van der Waals surface area contributed by atoms with E-state index in [2.05, 4.69) is 25.8 Å². The van der Waals surface area contributed by atoms with Gasteiger partial charge in [0.25, 0.3) is 0 Å². The number of aromatic nitrogens is 1. The quantitative estimate of drug-likeness (QED) is 0.737. The average molecular weight is 218 g/mol. The highest BCUT2D eigenvalue weighted by Crippen LogP contribution is 2.34. The number of nitrogens with zero attached hydrogens (tertiary/aromatic N) is 1. The Labute approximate surface area is 94.3 Å². The van der Waals surface area contributed by atoms with Gasteiger partial charge < -0.3 is 5.73 Å². The summed E-state index contributed by atoms with van der Waals surface area (Å²) in [5.41, 5.74) is 7.77. The summed E-state index contributed by atoms with van der Waals surface area (Å²) in [6.45, 7) is 6.18. The van der Waals surface area contributed by atoms with Gasteiger partial charge in [0.05, 0.1) is 11.9 Å². The molecule has 0 spiro atoms. The lowest BCUT2D eigenvalue weighted by atomic mass is 9.84. The van der Waals surface area contributed by atoms with Gasteiger partial charge in [-0.05, 0) is 17.0 Å². The Kier molecular flexibility index (Phi) is 2.34. The van der Waals surface area contributed by atoms with Gasteiger partial charge in [-0.3, -0.25) is 4.98 Å². The van der Waals surface area contributed by atoms with E-state index in [-0.39, 0.29) is 11.2 Å². The minimum atomic E-state index is -0.303. The van der Waals surface area contributed by atoms with Gasteiger partial charge in [0.2, 0.25) is 0 Å². The van der Waals surface area contributed by atoms with E-state index in [0.717, 1.165) is 10.9 Å². The number of para-hydroxylation sites is 1. The summed E-state index contributed by atoms with van der Waals surface area (Å²) < 4.78 is 13.6. The van der Waals surface area contributed by atoms with Crippen LogP contribution in [0.25, 0.3) is 10.9 Å². The van der Waals surface area contributed by atoms with E-state index in [1.54, 1.807) is 6.07 Å². The third-order valence-corrected chi connectivity index (χ3v) is 2.63. The lowest BCUT2D eigenvalue weighted by Crippen LogP contribution is -2.15. The van der Waals surface area contributed by atoms with Crippen molar-refractivity contribution >= 4 is 16.6 Å². The number of fused-ring (bicyclic) bond motifs is 1. The van der Waals surface area contributed by atoms with Crippen molar-refractivity contribution in [3.63, 3.8) is 0 Å². The number of pyridine rings is 1. The first-order valence-electron chi connectivity index (χ1n) is 5.24. The summed E-state index contributed by atoms with van der Waals surface area (Å²) in [6.07, 6.45) is 1.53. The fourth-order valence-electron chi connectivity index (χ4n) is 2.04. The van der Waals surface area contributed by atoms with Crippen LogP contribution in [0.1, 0.15) is 26.3 Å². The molecule has 0 unspecified atom stereocenters. The normalized spacial score (nSPS) is 12.0. The summed E-state index contributed by atoms with van der Waals surface area (Å²) in [4.78, 5) is 4.05. The zero-order valence-corrected chi connectivity index (χ0v) is 9.71. The molecule has 0 aliphatic carbocycles. The van der Waals surface area contributed by atoms with Crippen molar-refractivity contribution < 1.29 is 4.39 Å². The minimum Gasteiger partial charge on any atom is -0.397 e. The third kappa shape index (κ3) is 1.62. The van der Waals surface area contributed by atoms with Crippen LogP contribution in [-0.4, -0.2) is 4.98 Å². The predicted molar refractivity (Wildman–Crippen MR) is 64.8 cm³/mol. The Balaban J connectivity index is 2.91. The van der Waals surface area contributed by atoms with Crippen molar-refractivity contribution in [2.75, 3.05) is 5.73 Å². The van der Waals surface area contributed by atoms with E-state index in [4.69, 9.17) is 5.73 Å². The first-order valence-corrected chi connectivity index (χ1v) is 5.24. The Bertz CT molecular complexity index is 541. The maximum absolute atomic E-state index is 13.6. The summed E-state index contributed by atoms with van der Waals surface area (Å²) in [7, 11) is 0. The largest absolute Gasteiger partial charge is 0.397 e. The first kappa shape index (κ1) is 10.9. The molecule has 2 rings (SSSR count). The van der Waals surface area contributed by atoms with Crippen LogP contribution in [0.15, 0.2) is 24.4 Å². The Morgan fingerprint density at radius 1 is 1.25 bits per heavy atom. The van der Waals surface area contributed by atoms with Crippen molar-refractivity contribution in [3.05, 3.63) is 35.8 Å². The van der Waals surface area contributed by atoms with Crippen molar-refractivity contribution in [3.8, 4) is 0 Å². The van der Waals surface area contributed by atoms with E-state index < -0.39 is 0 Å². The van der Waals surface area contributed by atoms with Crippen LogP contribution < -0.4 is 5.73 Å². The lowest BCUT2D eigenvalue weighted by Gasteiger charge is -2.23. The molecule has 0 radical (unpaired) electrons. The van der Waals surface area contributed by atoms with Gasteiger partial charge in [0.1, 0.15) is 11.3 Å². The number of halogens is 1. The van der Waals surface area contributed by atoms with Crippen LogP contribution in [-0.2, 0) is 5.41 Å². The zero-order valence-electron chi connectivity index (χ0n) is 9.71. The van der Waals surface area contributed by atoms with Gasteiger partial charge in [-0.1, -0.05) is 32.9 Å². The molecule has 0 aliphatic heterocycles. The van der Waals surface area contributed by atoms with E-state index in [0.29, 0.717) is 11.2 Å². The molecule has 3 heteroatoms. The van der Waals surface area contributed by atoms with E-state index in [1.807, 2.05) is 6.07 Å². The fraction of sp³-hybridized carbons (Fsp3) is 0.308. The molecule has 0 amide bonds. The molecule has 0 saturated heterocycles. The van der Waals surface area contributed by atoms with E-state index in [1.165, 1.54) is 12.3 Å². The summed E-state index contributed by atoms with van der Waals surface area (Å²) in [5, 5.41) is 0.799. The first-order chi connectivity index (χ1) is 7.41. The number of hydrogen-bond acceptors (Lipinski definition) is 2. The highest BCUT2D eigenvalue weighted by atomic mass is 19.1. The third-order valence-electron chi connectivity index (χ3n) is 2.63. The molecular weight excluding hydrogens is 203 g/mol. The monoisotopic (exact) mass is 218 g/mol. The van der Waals surface area contributed by atoms with Crippen molar-refractivity contribution in [1.29, 1.82) is 0 Å². The molecule has 0 atom stereocenters. The lowest BCUT2D eigenvalue weighted by molar-refractivity contribution is 0.596. The number of nitrogens with two attached hydrogens (primary N) is 1. The zero-order chi connectivity index (χ0) is 11.9. The van der Waals surface area contributed by atoms with E-state index in [9.17, 15) is 4.39 Å². The molecule has 0 bridgehead atoms. The Hall–Kier alpha value is -1.64. The highest BCUT2D eigenvalue weighted by Gasteiger charge is 2.21. The molecule has 16 heavy (non-hydrogen) atoms. The Morgan fingerprint density at radius 2 is 1.94 bits per heavy atom. The standard InChI is InChI=1S/C13H15FN2/c1-13(2,3)11-8-5-4-6-9(14)12(8)16-7-10(11)15/h4-7H,15H2,1-3H3. The highest BCUT2D eigenvalue weighted by molar-refractivity contribution is 5.87. The van der Waals surface area contributed by atoms with Crippen LogP contribution in [0.5, 0.6) is 0 Å². The maximum atomic E-state index is 13.6. The molecule has 0 saturated carbocycles. The number of benzene rings is 1. The molecule has 0 fully saturated rings. The van der Waals surface area contributed by atoms with E-state index >= 15 is 0 Å². The van der Waals surface area contributed by atoms with Crippen molar-refractivity contribution in [2.45, 2.75) is 26.2 Å². The second-order valence-electron chi connectivity index (χ2n) is 4.97. The summed E-state index contributed by atoms with van der Waals surface area (Å²) in [6, 6.07) is 4.97. The van der Waals surface area contributed by atoms with Crippen LogP contribution >= 0.6 is 0 Å². The second kappa shape index (κ2) is 3.44. The molecular formula is C13H15FN2. The van der Waals surface area contributed by atoms with Gasteiger partial charge in [0, 0.05) is 5.39 Å². The van der Waals surface area contributed by atoms with Gasteiger partial charge in [-0.25, -0.2) is 4.39 Å². The van der Waals surface area contributed by atoms with Crippen molar-refractivity contribution in [2.24, 2.45) is 0 Å². The van der Waals surface area contributed by atoms with Gasteiger partial charge in [0.15, 0.2) is 0 Å². The fourth-order valence-corrected chi connectivity index (χ4v) is 2.04. The maximum Gasteiger partial charge on any atom is 0.149 e. The number of anilines is 1. The molecule has 2 aromatic rings. The average Bonchev–Trinajstić information content (AvgIpc) is 2.15. The Morgan fingerprint density at radius 3 is 2.56 bits per heavy atom. The van der Waals surface area contributed by atoms with Gasteiger partial charge in [-0.15, -0.1) is 0 Å². The second-order valence-corrected chi connectivity index (χ2v) is 4.97.